The second kappa shape index (κ2) is 10.0. The molecule has 1 saturated carbocycles. The number of aromatic nitrogens is 2. The van der Waals surface area contributed by atoms with Crippen molar-refractivity contribution in [1.29, 1.82) is 0 Å². The van der Waals surface area contributed by atoms with Gasteiger partial charge in [0.25, 0.3) is 0 Å². The van der Waals surface area contributed by atoms with Gasteiger partial charge in [-0.3, -0.25) is 4.99 Å². The normalized spacial score (nSPS) is 21.7. The fourth-order valence-corrected chi connectivity index (χ4v) is 4.45. The molecular weight excluding hydrogens is 502 g/mol. The molecule has 1 N–H and O–H groups in total. The summed E-state index contributed by atoms with van der Waals surface area (Å²) in [5, 5.41) is 4.58. The Bertz CT molecular complexity index is 836. The van der Waals surface area contributed by atoms with Gasteiger partial charge in [0, 0.05) is 62.6 Å². The van der Waals surface area contributed by atoms with E-state index in [9.17, 15) is 4.39 Å². The number of nitrogens with one attached hydrogen (secondary N) is 1. The number of aryl methyl sites for hydroxylation is 1. The Labute approximate surface area is 192 Å². The number of hydrogen-bond acceptors (Lipinski definition) is 5. The van der Waals surface area contributed by atoms with E-state index < -0.39 is 0 Å². The quantitative estimate of drug-likeness (QED) is 0.365. The maximum atomic E-state index is 14.0. The van der Waals surface area contributed by atoms with Crippen molar-refractivity contribution in [3.8, 4) is 0 Å². The summed E-state index contributed by atoms with van der Waals surface area (Å²) in [6.07, 6.45) is 1.83. The number of aliphatic imine (C=N–C) groups is 1. The van der Waals surface area contributed by atoms with Crippen LogP contribution in [0, 0.1) is 5.82 Å². The molecule has 1 aromatic carbocycles. The van der Waals surface area contributed by atoms with E-state index in [1.165, 1.54) is 11.5 Å². The zero-order chi connectivity index (χ0) is 19.5. The minimum atomic E-state index is -0.108. The van der Waals surface area contributed by atoms with E-state index >= 15 is 0 Å². The number of halogens is 2. The molecule has 29 heavy (non-hydrogen) atoms. The number of guanidine groups is 1. The van der Waals surface area contributed by atoms with E-state index in [4.69, 9.17) is 0 Å². The molecule has 1 aromatic heterocycles. The highest BCUT2D eigenvalue weighted by Crippen LogP contribution is 2.41. The molecule has 6 nitrogen and oxygen atoms in total. The first kappa shape index (κ1) is 22.2. The van der Waals surface area contributed by atoms with Gasteiger partial charge in [0.15, 0.2) is 5.96 Å². The molecule has 0 bridgehead atoms. The van der Waals surface area contributed by atoms with E-state index in [-0.39, 0.29) is 41.8 Å². The van der Waals surface area contributed by atoms with Crippen molar-refractivity contribution in [3.05, 3.63) is 41.5 Å². The molecule has 1 saturated heterocycles. The number of rotatable bonds is 5. The molecule has 0 amide bonds. The van der Waals surface area contributed by atoms with Gasteiger partial charge in [-0.25, -0.2) is 9.37 Å². The van der Waals surface area contributed by atoms with Crippen molar-refractivity contribution in [2.75, 3.05) is 37.6 Å². The highest BCUT2D eigenvalue weighted by molar-refractivity contribution is 14.0. The molecule has 2 fully saturated rings. The molecule has 2 heterocycles. The van der Waals surface area contributed by atoms with Crippen molar-refractivity contribution >= 4 is 46.6 Å². The minimum Gasteiger partial charge on any atom is -0.353 e. The van der Waals surface area contributed by atoms with E-state index in [1.54, 1.807) is 12.1 Å². The first-order chi connectivity index (χ1) is 13.7. The molecule has 2 aliphatic rings. The number of benzene rings is 1. The van der Waals surface area contributed by atoms with Gasteiger partial charge in [-0.05, 0) is 25.0 Å². The first-order valence-electron chi connectivity index (χ1n) is 10.1. The third-order valence-corrected chi connectivity index (χ3v) is 6.16. The van der Waals surface area contributed by atoms with Crippen LogP contribution in [0.1, 0.15) is 37.6 Å². The van der Waals surface area contributed by atoms with Crippen LogP contribution < -0.4 is 10.2 Å². The Morgan fingerprint density at radius 1 is 1.24 bits per heavy atom. The lowest BCUT2D eigenvalue weighted by atomic mass is 10.1. The van der Waals surface area contributed by atoms with Gasteiger partial charge in [-0.1, -0.05) is 25.1 Å². The Kier molecular flexibility index (Phi) is 7.66. The molecule has 0 spiro atoms. The monoisotopic (exact) mass is 530 g/mol. The predicted octanol–water partition coefficient (Wildman–Crippen LogP) is 3.50. The van der Waals surface area contributed by atoms with Crippen LogP contribution in [0.25, 0.3) is 0 Å². The van der Waals surface area contributed by atoms with Crippen molar-refractivity contribution < 1.29 is 4.39 Å². The van der Waals surface area contributed by atoms with Crippen LogP contribution in [0.3, 0.4) is 0 Å². The summed E-state index contributed by atoms with van der Waals surface area (Å²) in [7, 11) is 0. The van der Waals surface area contributed by atoms with E-state index in [2.05, 4.69) is 36.4 Å². The van der Waals surface area contributed by atoms with Crippen LogP contribution >= 0.6 is 35.5 Å². The molecular formula is C20H28FIN6S. The number of nitrogens with zero attached hydrogens (tertiary/aromatic N) is 5. The fraction of sp³-hybridized carbons (Fsp3) is 0.550. The van der Waals surface area contributed by atoms with Crippen LogP contribution in [0.2, 0.25) is 0 Å². The average molecular weight is 530 g/mol. The standard InChI is InChI=1S/C20H27FN6S.HI/c1-3-18-24-20(28-25-18)27-11-9-26(10-12-27)19(22-4-2)23-17-13-15(17)14-7-5-6-8-16(14)21;/h5-8,15,17H,3-4,9-13H2,1-2H3,(H,22,23);1H. The van der Waals surface area contributed by atoms with Gasteiger partial charge in [0.05, 0.1) is 0 Å². The summed E-state index contributed by atoms with van der Waals surface area (Å²) in [6.45, 7) is 8.46. The molecule has 1 aliphatic carbocycles. The van der Waals surface area contributed by atoms with Gasteiger partial charge < -0.3 is 15.1 Å². The van der Waals surface area contributed by atoms with Crippen LogP contribution in [-0.2, 0) is 6.42 Å². The summed E-state index contributed by atoms with van der Waals surface area (Å²) in [5.74, 6) is 1.99. The fourth-order valence-electron chi connectivity index (χ4n) is 3.65. The van der Waals surface area contributed by atoms with Gasteiger partial charge in [-0.15, -0.1) is 24.0 Å². The zero-order valence-corrected chi connectivity index (χ0v) is 20.0. The zero-order valence-electron chi connectivity index (χ0n) is 16.8. The maximum absolute atomic E-state index is 14.0. The smallest absolute Gasteiger partial charge is 0.205 e. The van der Waals surface area contributed by atoms with Gasteiger partial charge in [0.1, 0.15) is 11.6 Å². The maximum Gasteiger partial charge on any atom is 0.205 e. The van der Waals surface area contributed by atoms with Crippen molar-refractivity contribution in [1.82, 2.24) is 19.6 Å². The lowest BCUT2D eigenvalue weighted by molar-refractivity contribution is 0.371. The first-order valence-corrected chi connectivity index (χ1v) is 10.8. The Hall–Kier alpha value is -1.49. The predicted molar refractivity (Wildman–Crippen MR) is 127 cm³/mol. The lowest BCUT2D eigenvalue weighted by Crippen LogP contribution is -2.53. The Morgan fingerprint density at radius 2 is 2.00 bits per heavy atom. The number of anilines is 1. The largest absolute Gasteiger partial charge is 0.353 e. The summed E-state index contributed by atoms with van der Waals surface area (Å²) in [6, 6.07) is 7.35. The molecule has 158 valence electrons. The van der Waals surface area contributed by atoms with E-state index in [0.717, 1.165) is 68.0 Å². The van der Waals surface area contributed by atoms with Gasteiger partial charge in [-0.2, -0.15) is 4.37 Å². The van der Waals surface area contributed by atoms with Crippen molar-refractivity contribution in [2.45, 2.75) is 38.6 Å². The van der Waals surface area contributed by atoms with Crippen molar-refractivity contribution in [2.24, 2.45) is 4.99 Å². The van der Waals surface area contributed by atoms with E-state index in [0.29, 0.717) is 0 Å². The second-order valence-corrected chi connectivity index (χ2v) is 7.96. The minimum absolute atomic E-state index is 0. The molecule has 2 unspecified atom stereocenters. The molecule has 9 heteroatoms. The summed E-state index contributed by atoms with van der Waals surface area (Å²) in [5.41, 5.74) is 0.809. The highest BCUT2D eigenvalue weighted by atomic mass is 127. The van der Waals surface area contributed by atoms with Gasteiger partial charge in [0.2, 0.25) is 5.13 Å². The van der Waals surface area contributed by atoms with Gasteiger partial charge >= 0.3 is 0 Å². The van der Waals surface area contributed by atoms with Crippen LogP contribution in [0.15, 0.2) is 29.3 Å². The van der Waals surface area contributed by atoms with E-state index in [1.807, 2.05) is 19.1 Å². The average Bonchev–Trinajstić information content (AvgIpc) is 3.31. The Morgan fingerprint density at radius 3 is 2.66 bits per heavy atom. The van der Waals surface area contributed by atoms with Crippen molar-refractivity contribution in [3.63, 3.8) is 0 Å². The highest BCUT2D eigenvalue weighted by Gasteiger charge is 2.41. The molecule has 2 atom stereocenters. The summed E-state index contributed by atoms with van der Waals surface area (Å²) < 4.78 is 18.4. The summed E-state index contributed by atoms with van der Waals surface area (Å²) in [4.78, 5) is 13.9. The topological polar surface area (TPSA) is 56.7 Å². The second-order valence-electron chi connectivity index (χ2n) is 7.23. The molecule has 4 rings (SSSR count). The number of piperazine rings is 1. The third-order valence-electron chi connectivity index (χ3n) is 5.34. The molecule has 1 aliphatic heterocycles. The third kappa shape index (κ3) is 5.17. The van der Waals surface area contributed by atoms with Crippen LogP contribution in [0.4, 0.5) is 9.52 Å². The molecule has 2 aromatic rings. The SMILES string of the molecule is CCN=C(NC1CC1c1ccccc1F)N1CCN(c2nc(CC)ns2)CC1.I. The number of hydrogen-bond donors (Lipinski definition) is 1. The lowest BCUT2D eigenvalue weighted by Gasteiger charge is -2.36. The van der Waals surface area contributed by atoms with Crippen LogP contribution in [0.5, 0.6) is 0 Å². The van der Waals surface area contributed by atoms with Crippen LogP contribution in [-0.4, -0.2) is 59.0 Å². The summed E-state index contributed by atoms with van der Waals surface area (Å²) >= 11 is 1.49. The molecule has 0 radical (unpaired) electrons. The Balaban J connectivity index is 0.00000240.